The molecule has 5 nitrogen and oxygen atoms in total. The van der Waals surface area contributed by atoms with Crippen molar-refractivity contribution in [1.82, 2.24) is 9.78 Å². The molecule has 5 heteroatoms. The standard InChI is InChI=1S/C18H17N3O2/c1-2-3-4-5-7-14(10-11-19)13-21-17-9-6-8-15(18(22)23)16(17)12-20-21/h2-4,6-9,12H,1,5,10,13H2,(H,22,23)/b4-3-,14-7+. The third-order valence-corrected chi connectivity index (χ3v) is 3.39. The molecule has 0 aliphatic heterocycles. The number of benzene rings is 1. The molecule has 1 N–H and O–H groups in total. The molecular formula is C18H17N3O2. The second-order valence-corrected chi connectivity index (χ2v) is 4.94. The van der Waals surface area contributed by atoms with Crippen molar-refractivity contribution < 1.29 is 9.90 Å². The summed E-state index contributed by atoms with van der Waals surface area (Å²) in [5.74, 6) is -0.975. The van der Waals surface area contributed by atoms with Gasteiger partial charge in [0.2, 0.25) is 0 Å². The molecule has 0 bridgehead atoms. The number of carboxylic acid groups (broad SMARTS) is 1. The highest BCUT2D eigenvalue weighted by atomic mass is 16.4. The smallest absolute Gasteiger partial charge is 0.336 e. The SMILES string of the molecule is C=C/C=C\C/C=C(\CC#N)Cn1ncc2c(C(=O)O)cccc21. The van der Waals surface area contributed by atoms with Gasteiger partial charge in [-0.3, -0.25) is 4.68 Å². The number of hydrogen-bond acceptors (Lipinski definition) is 3. The highest BCUT2D eigenvalue weighted by Crippen LogP contribution is 2.20. The van der Waals surface area contributed by atoms with Crippen LogP contribution in [0, 0.1) is 11.3 Å². The van der Waals surface area contributed by atoms with Gasteiger partial charge in [-0.1, -0.05) is 36.9 Å². The molecule has 0 spiro atoms. The van der Waals surface area contributed by atoms with Gasteiger partial charge in [0.1, 0.15) is 0 Å². The van der Waals surface area contributed by atoms with Crippen LogP contribution in [-0.2, 0) is 6.54 Å². The molecule has 116 valence electrons. The Morgan fingerprint density at radius 3 is 3.00 bits per heavy atom. The zero-order valence-corrected chi connectivity index (χ0v) is 12.6. The van der Waals surface area contributed by atoms with Crippen molar-refractivity contribution in [2.24, 2.45) is 0 Å². The number of fused-ring (bicyclic) bond motifs is 1. The Balaban J connectivity index is 2.30. The van der Waals surface area contributed by atoms with E-state index in [0.29, 0.717) is 24.8 Å². The maximum Gasteiger partial charge on any atom is 0.336 e. The van der Waals surface area contributed by atoms with Gasteiger partial charge in [0.25, 0.3) is 0 Å². The van der Waals surface area contributed by atoms with Crippen LogP contribution in [0.5, 0.6) is 0 Å². The van der Waals surface area contributed by atoms with Crippen LogP contribution in [-0.4, -0.2) is 20.9 Å². The number of allylic oxidation sites excluding steroid dienone is 5. The van der Waals surface area contributed by atoms with Gasteiger partial charge >= 0.3 is 5.97 Å². The van der Waals surface area contributed by atoms with Crippen LogP contribution in [0.25, 0.3) is 10.9 Å². The Bertz CT molecular complexity index is 822. The molecule has 2 aromatic rings. The van der Waals surface area contributed by atoms with E-state index in [4.69, 9.17) is 5.26 Å². The largest absolute Gasteiger partial charge is 0.478 e. The molecule has 0 saturated heterocycles. The predicted molar refractivity (Wildman–Crippen MR) is 89.0 cm³/mol. The van der Waals surface area contributed by atoms with Gasteiger partial charge < -0.3 is 5.11 Å². The first kappa shape index (κ1) is 16.2. The normalized spacial score (nSPS) is 11.7. The molecule has 2 rings (SSSR count). The Kier molecular flexibility index (Phi) is 5.48. The maximum atomic E-state index is 11.2. The number of nitriles is 1. The van der Waals surface area contributed by atoms with E-state index < -0.39 is 5.97 Å². The van der Waals surface area contributed by atoms with Crippen LogP contribution in [0.1, 0.15) is 23.2 Å². The molecule has 0 saturated carbocycles. The molecule has 0 aliphatic rings. The molecule has 1 aromatic heterocycles. The predicted octanol–water partition coefficient (Wildman–Crippen LogP) is 3.71. The van der Waals surface area contributed by atoms with E-state index >= 15 is 0 Å². The minimum atomic E-state index is -0.975. The Morgan fingerprint density at radius 1 is 1.48 bits per heavy atom. The quantitative estimate of drug-likeness (QED) is 0.624. The highest BCUT2D eigenvalue weighted by Gasteiger charge is 2.12. The summed E-state index contributed by atoms with van der Waals surface area (Å²) in [7, 11) is 0. The molecule has 23 heavy (non-hydrogen) atoms. The van der Waals surface area contributed by atoms with E-state index in [1.165, 1.54) is 0 Å². The van der Waals surface area contributed by atoms with Crippen LogP contribution < -0.4 is 0 Å². The number of hydrogen-bond donors (Lipinski definition) is 1. The van der Waals surface area contributed by atoms with E-state index in [1.807, 2.05) is 24.3 Å². The van der Waals surface area contributed by atoms with Crippen LogP contribution in [0.3, 0.4) is 0 Å². The van der Waals surface area contributed by atoms with E-state index in [2.05, 4.69) is 17.7 Å². The van der Waals surface area contributed by atoms with Gasteiger partial charge in [-0.15, -0.1) is 0 Å². The molecule has 0 amide bonds. The molecule has 0 aliphatic carbocycles. The van der Waals surface area contributed by atoms with Crippen molar-refractivity contribution in [3.05, 3.63) is 66.4 Å². The lowest BCUT2D eigenvalue weighted by molar-refractivity contribution is 0.0699. The molecular weight excluding hydrogens is 290 g/mol. The maximum absolute atomic E-state index is 11.2. The van der Waals surface area contributed by atoms with Crippen molar-refractivity contribution in [1.29, 1.82) is 5.26 Å². The van der Waals surface area contributed by atoms with Crippen LogP contribution in [0.2, 0.25) is 0 Å². The summed E-state index contributed by atoms with van der Waals surface area (Å²) >= 11 is 0. The van der Waals surface area contributed by atoms with Gasteiger partial charge in [0, 0.05) is 5.39 Å². The van der Waals surface area contributed by atoms with Crippen LogP contribution >= 0.6 is 0 Å². The van der Waals surface area contributed by atoms with Crippen LogP contribution in [0.4, 0.5) is 0 Å². The minimum Gasteiger partial charge on any atom is -0.478 e. The van der Waals surface area contributed by atoms with E-state index in [0.717, 1.165) is 11.1 Å². The number of aromatic nitrogens is 2. The monoisotopic (exact) mass is 307 g/mol. The third-order valence-electron chi connectivity index (χ3n) is 3.39. The van der Waals surface area contributed by atoms with Gasteiger partial charge in [-0.25, -0.2) is 4.79 Å². The number of carboxylic acids is 1. The highest BCUT2D eigenvalue weighted by molar-refractivity contribution is 6.02. The lowest BCUT2D eigenvalue weighted by Crippen LogP contribution is -2.03. The summed E-state index contributed by atoms with van der Waals surface area (Å²) in [6.07, 6.45) is 10.1. The minimum absolute atomic E-state index is 0.230. The van der Waals surface area contributed by atoms with Crippen LogP contribution in [0.15, 0.2) is 60.9 Å². The summed E-state index contributed by atoms with van der Waals surface area (Å²) in [5, 5.41) is 23.1. The lowest BCUT2D eigenvalue weighted by Gasteiger charge is -2.06. The fourth-order valence-corrected chi connectivity index (χ4v) is 2.31. The fraction of sp³-hybridized carbons (Fsp3) is 0.167. The topological polar surface area (TPSA) is 78.9 Å². The van der Waals surface area contributed by atoms with Crippen molar-refractivity contribution in [2.45, 2.75) is 19.4 Å². The van der Waals surface area contributed by atoms with Crippen molar-refractivity contribution in [2.75, 3.05) is 0 Å². The van der Waals surface area contributed by atoms with Gasteiger partial charge in [-0.2, -0.15) is 10.4 Å². The zero-order valence-electron chi connectivity index (χ0n) is 12.6. The number of aromatic carboxylic acids is 1. The number of carbonyl (C=O) groups is 1. The average Bonchev–Trinajstić information content (AvgIpc) is 2.94. The number of rotatable bonds is 7. The summed E-state index contributed by atoms with van der Waals surface area (Å²) in [4.78, 5) is 11.2. The van der Waals surface area contributed by atoms with Gasteiger partial charge in [-0.05, 0) is 24.1 Å². The summed E-state index contributed by atoms with van der Waals surface area (Å²) in [6.45, 7) is 4.07. The van der Waals surface area contributed by atoms with Gasteiger partial charge in [0.15, 0.2) is 0 Å². The molecule has 0 unspecified atom stereocenters. The Hall–Kier alpha value is -3.13. The third kappa shape index (κ3) is 3.95. The Morgan fingerprint density at radius 2 is 2.30 bits per heavy atom. The van der Waals surface area contributed by atoms with E-state index in [9.17, 15) is 9.90 Å². The fourth-order valence-electron chi connectivity index (χ4n) is 2.31. The Labute approximate surface area is 134 Å². The summed E-state index contributed by atoms with van der Waals surface area (Å²) in [5.41, 5.74) is 1.91. The van der Waals surface area contributed by atoms with Gasteiger partial charge in [0.05, 0.1) is 36.3 Å². The summed E-state index contributed by atoms with van der Waals surface area (Å²) in [6, 6.07) is 7.24. The average molecular weight is 307 g/mol. The van der Waals surface area contributed by atoms with Crippen molar-refractivity contribution in [3.63, 3.8) is 0 Å². The zero-order chi connectivity index (χ0) is 16.7. The van der Waals surface area contributed by atoms with Crippen molar-refractivity contribution >= 4 is 16.9 Å². The summed E-state index contributed by atoms with van der Waals surface area (Å²) < 4.78 is 1.72. The lowest BCUT2D eigenvalue weighted by atomic mass is 10.1. The molecule has 0 radical (unpaired) electrons. The second kappa shape index (κ2) is 7.76. The van der Waals surface area contributed by atoms with Crippen molar-refractivity contribution in [3.8, 4) is 6.07 Å². The second-order valence-electron chi connectivity index (χ2n) is 4.94. The first-order valence-electron chi connectivity index (χ1n) is 7.17. The molecule has 1 aromatic carbocycles. The first-order valence-corrected chi connectivity index (χ1v) is 7.17. The molecule has 1 heterocycles. The molecule has 0 fully saturated rings. The molecule has 0 atom stereocenters. The van der Waals surface area contributed by atoms with E-state index in [-0.39, 0.29) is 5.56 Å². The number of nitrogens with zero attached hydrogens (tertiary/aromatic N) is 3. The van der Waals surface area contributed by atoms with E-state index in [1.54, 1.807) is 29.1 Å². The first-order chi connectivity index (χ1) is 11.2.